The summed E-state index contributed by atoms with van der Waals surface area (Å²) in [6, 6.07) is 13.4. The van der Waals surface area contributed by atoms with Gasteiger partial charge >= 0.3 is 5.97 Å². The third-order valence-corrected chi connectivity index (χ3v) is 3.23. The molecule has 0 aliphatic heterocycles. The quantitative estimate of drug-likeness (QED) is 0.649. The summed E-state index contributed by atoms with van der Waals surface area (Å²) in [5, 5.41) is 18.0. The zero-order chi connectivity index (χ0) is 16.1. The normalized spacial score (nSPS) is 11.3. The molecule has 0 atom stereocenters. The van der Waals surface area contributed by atoms with Gasteiger partial charge in [0.15, 0.2) is 0 Å². The Labute approximate surface area is 129 Å². The molecule has 0 saturated carbocycles. The van der Waals surface area contributed by atoms with E-state index in [0.717, 1.165) is 22.4 Å². The van der Waals surface area contributed by atoms with Crippen LogP contribution < -0.4 is 4.74 Å². The van der Waals surface area contributed by atoms with Crippen LogP contribution in [0.3, 0.4) is 0 Å². The van der Waals surface area contributed by atoms with Crippen molar-refractivity contribution in [2.45, 2.75) is 20.5 Å². The Morgan fingerprint density at radius 3 is 2.23 bits per heavy atom. The molecule has 2 rings (SSSR count). The summed E-state index contributed by atoms with van der Waals surface area (Å²) in [5.41, 5.74) is 3.48. The maximum Gasteiger partial charge on any atom is 0.370 e. The standard InChI is InChI=1S/C18H18O4/c1-12-8-15(10-16(19)18(20)21)9-13(2)17(12)22-11-14-6-4-3-5-7-14/h3-10,19H,11H2,1-2H3,(H,20,21)/b16-10+. The van der Waals surface area contributed by atoms with Crippen molar-refractivity contribution < 1.29 is 19.7 Å². The fourth-order valence-corrected chi connectivity index (χ4v) is 2.24. The molecule has 0 bridgehead atoms. The molecule has 0 aromatic heterocycles. The van der Waals surface area contributed by atoms with Gasteiger partial charge in [-0.1, -0.05) is 30.3 Å². The van der Waals surface area contributed by atoms with Crippen molar-refractivity contribution in [3.63, 3.8) is 0 Å². The first-order valence-corrected chi connectivity index (χ1v) is 6.89. The van der Waals surface area contributed by atoms with Crippen LogP contribution in [0.2, 0.25) is 0 Å². The second-order valence-electron chi connectivity index (χ2n) is 5.09. The number of hydrogen-bond donors (Lipinski definition) is 2. The molecule has 0 heterocycles. The SMILES string of the molecule is Cc1cc(/C=C(/O)C(=O)O)cc(C)c1OCc1ccccc1. The number of carboxylic acid groups (broad SMARTS) is 1. The maximum absolute atomic E-state index is 10.7. The van der Waals surface area contributed by atoms with Gasteiger partial charge in [-0.25, -0.2) is 4.79 Å². The molecule has 4 nitrogen and oxygen atoms in total. The summed E-state index contributed by atoms with van der Waals surface area (Å²) in [5.74, 6) is -1.26. The molecule has 4 heteroatoms. The Hall–Kier alpha value is -2.75. The molecule has 0 amide bonds. The van der Waals surface area contributed by atoms with E-state index in [2.05, 4.69) is 0 Å². The van der Waals surface area contributed by atoms with Crippen LogP contribution in [0.25, 0.3) is 6.08 Å². The predicted octanol–water partition coefficient (Wildman–Crippen LogP) is 3.87. The van der Waals surface area contributed by atoms with Crippen LogP contribution in [0.15, 0.2) is 48.2 Å². The smallest absolute Gasteiger partial charge is 0.370 e. The number of ether oxygens (including phenoxy) is 1. The van der Waals surface area contributed by atoms with Gasteiger partial charge in [-0.05, 0) is 54.3 Å². The lowest BCUT2D eigenvalue weighted by Crippen LogP contribution is -2.01. The Bertz CT molecular complexity index is 679. The van der Waals surface area contributed by atoms with E-state index in [0.29, 0.717) is 12.2 Å². The summed E-state index contributed by atoms with van der Waals surface area (Å²) >= 11 is 0. The molecule has 114 valence electrons. The molecule has 0 saturated heterocycles. The topological polar surface area (TPSA) is 66.8 Å². The number of aliphatic hydroxyl groups excluding tert-OH is 1. The summed E-state index contributed by atoms with van der Waals surface area (Å²) in [7, 11) is 0. The highest BCUT2D eigenvalue weighted by atomic mass is 16.5. The van der Waals surface area contributed by atoms with Crippen LogP contribution in [0.4, 0.5) is 0 Å². The van der Waals surface area contributed by atoms with E-state index in [1.54, 1.807) is 12.1 Å². The largest absolute Gasteiger partial charge is 0.502 e. The van der Waals surface area contributed by atoms with Gasteiger partial charge in [0.05, 0.1) is 0 Å². The van der Waals surface area contributed by atoms with Crippen molar-refractivity contribution in [3.05, 3.63) is 70.5 Å². The minimum Gasteiger partial charge on any atom is -0.502 e. The van der Waals surface area contributed by atoms with Crippen LogP contribution >= 0.6 is 0 Å². The molecule has 0 fully saturated rings. The third-order valence-electron chi connectivity index (χ3n) is 3.23. The number of aryl methyl sites for hydroxylation is 2. The Morgan fingerprint density at radius 1 is 1.09 bits per heavy atom. The minimum absolute atomic E-state index is 0.470. The van der Waals surface area contributed by atoms with Crippen LogP contribution in [-0.2, 0) is 11.4 Å². The number of carbonyl (C=O) groups is 1. The first-order chi connectivity index (χ1) is 10.5. The van der Waals surface area contributed by atoms with Crippen molar-refractivity contribution in [3.8, 4) is 5.75 Å². The Balaban J connectivity index is 2.20. The fraction of sp³-hybridized carbons (Fsp3) is 0.167. The van der Waals surface area contributed by atoms with Crippen molar-refractivity contribution >= 4 is 12.0 Å². The lowest BCUT2D eigenvalue weighted by atomic mass is 10.0. The van der Waals surface area contributed by atoms with Gasteiger partial charge in [-0.3, -0.25) is 0 Å². The summed E-state index contributed by atoms with van der Waals surface area (Å²) < 4.78 is 5.86. The van der Waals surface area contributed by atoms with Gasteiger partial charge in [0.1, 0.15) is 12.4 Å². The number of benzene rings is 2. The highest BCUT2D eigenvalue weighted by Gasteiger charge is 2.09. The van der Waals surface area contributed by atoms with Crippen molar-refractivity contribution in [1.82, 2.24) is 0 Å². The Kier molecular flexibility index (Phi) is 4.84. The molecule has 2 aromatic rings. The monoisotopic (exact) mass is 298 g/mol. The highest BCUT2D eigenvalue weighted by molar-refractivity contribution is 5.89. The van der Waals surface area contributed by atoms with E-state index in [1.807, 2.05) is 44.2 Å². The van der Waals surface area contributed by atoms with Crippen LogP contribution in [-0.4, -0.2) is 16.2 Å². The van der Waals surface area contributed by atoms with Gasteiger partial charge in [-0.15, -0.1) is 0 Å². The van der Waals surface area contributed by atoms with E-state index in [4.69, 9.17) is 9.84 Å². The van der Waals surface area contributed by atoms with Gasteiger partial charge in [0.2, 0.25) is 5.76 Å². The van der Waals surface area contributed by atoms with Crippen LogP contribution in [0.5, 0.6) is 5.75 Å². The van der Waals surface area contributed by atoms with Crippen molar-refractivity contribution in [1.29, 1.82) is 0 Å². The molecule has 0 aliphatic carbocycles. The summed E-state index contributed by atoms with van der Waals surface area (Å²) in [4.78, 5) is 10.7. The molecule has 0 radical (unpaired) electrons. The van der Waals surface area contributed by atoms with Crippen molar-refractivity contribution in [2.24, 2.45) is 0 Å². The lowest BCUT2D eigenvalue weighted by Gasteiger charge is -2.13. The molecular formula is C18H18O4. The van der Waals surface area contributed by atoms with Gasteiger partial charge < -0.3 is 14.9 Å². The van der Waals surface area contributed by atoms with Gasteiger partial charge in [0, 0.05) is 0 Å². The van der Waals surface area contributed by atoms with E-state index in [1.165, 1.54) is 6.08 Å². The zero-order valence-electron chi connectivity index (χ0n) is 12.5. The molecule has 2 N–H and O–H groups in total. The third kappa shape index (κ3) is 3.88. The minimum atomic E-state index is -1.35. The lowest BCUT2D eigenvalue weighted by molar-refractivity contribution is -0.135. The first kappa shape index (κ1) is 15.6. The summed E-state index contributed by atoms with van der Waals surface area (Å²) in [6.07, 6.45) is 1.23. The van der Waals surface area contributed by atoms with E-state index in [-0.39, 0.29) is 0 Å². The summed E-state index contributed by atoms with van der Waals surface area (Å²) in [6.45, 7) is 4.25. The molecule has 0 spiro atoms. The van der Waals surface area contributed by atoms with E-state index >= 15 is 0 Å². The predicted molar refractivity (Wildman–Crippen MR) is 84.9 cm³/mol. The molecular weight excluding hydrogens is 280 g/mol. The molecule has 0 aliphatic rings. The second kappa shape index (κ2) is 6.80. The van der Waals surface area contributed by atoms with Gasteiger partial charge in [-0.2, -0.15) is 0 Å². The van der Waals surface area contributed by atoms with Crippen LogP contribution in [0.1, 0.15) is 22.3 Å². The highest BCUT2D eigenvalue weighted by Crippen LogP contribution is 2.26. The Morgan fingerprint density at radius 2 is 1.68 bits per heavy atom. The number of aliphatic carboxylic acids is 1. The zero-order valence-corrected chi connectivity index (χ0v) is 12.5. The van der Waals surface area contributed by atoms with E-state index in [9.17, 15) is 9.90 Å². The average Bonchev–Trinajstić information content (AvgIpc) is 2.47. The molecule has 2 aromatic carbocycles. The molecule has 22 heavy (non-hydrogen) atoms. The van der Waals surface area contributed by atoms with Gasteiger partial charge in [0.25, 0.3) is 0 Å². The van der Waals surface area contributed by atoms with Crippen molar-refractivity contribution in [2.75, 3.05) is 0 Å². The average molecular weight is 298 g/mol. The molecule has 0 unspecified atom stereocenters. The first-order valence-electron chi connectivity index (χ1n) is 6.89. The van der Waals surface area contributed by atoms with E-state index < -0.39 is 11.7 Å². The number of carboxylic acids is 1. The maximum atomic E-state index is 10.7. The number of rotatable bonds is 5. The van der Waals surface area contributed by atoms with Crippen LogP contribution in [0, 0.1) is 13.8 Å². The number of aliphatic hydroxyl groups is 1. The second-order valence-corrected chi connectivity index (χ2v) is 5.09. The fourth-order valence-electron chi connectivity index (χ4n) is 2.24. The number of hydrogen-bond acceptors (Lipinski definition) is 3.